The summed E-state index contributed by atoms with van der Waals surface area (Å²) in [4.78, 5) is 4.23. The second-order valence-corrected chi connectivity index (χ2v) is 5.79. The van der Waals surface area contributed by atoms with Gasteiger partial charge in [-0.3, -0.25) is 0 Å². The van der Waals surface area contributed by atoms with E-state index in [0.29, 0.717) is 17.3 Å². The number of thiazole rings is 1. The first kappa shape index (κ1) is 13.6. The molecule has 1 aliphatic rings. The molecule has 0 amide bonds. The smallest absolute Gasteiger partial charge is 0.379 e. The Morgan fingerprint density at radius 1 is 1.35 bits per heavy atom. The quantitative estimate of drug-likeness (QED) is 0.913. The number of aromatic nitrogens is 1. The lowest BCUT2D eigenvalue weighted by Gasteiger charge is -2.22. The Balaban J connectivity index is 1.83. The number of hydrogen-bond donors (Lipinski definition) is 1. The molecule has 2 aromatic rings. The summed E-state index contributed by atoms with van der Waals surface area (Å²) in [5.74, 6) is 0. The number of ether oxygens (including phenoxy) is 1. The van der Waals surface area contributed by atoms with Crippen LogP contribution in [0.2, 0.25) is 0 Å². The number of benzene rings is 1. The maximum absolute atomic E-state index is 12.6. The molecule has 0 aliphatic carbocycles. The van der Waals surface area contributed by atoms with Crippen LogP contribution in [0.5, 0.6) is 0 Å². The van der Waals surface area contributed by atoms with E-state index in [1.807, 2.05) is 0 Å². The third kappa shape index (κ3) is 2.88. The fourth-order valence-corrected chi connectivity index (χ4v) is 3.12. The molecule has 1 unspecified atom stereocenters. The minimum Gasteiger partial charge on any atom is -0.379 e. The minimum atomic E-state index is -4.33. The average molecular weight is 302 g/mol. The highest BCUT2D eigenvalue weighted by Crippen LogP contribution is 2.34. The van der Waals surface area contributed by atoms with Gasteiger partial charge in [0.1, 0.15) is 0 Å². The van der Waals surface area contributed by atoms with E-state index >= 15 is 0 Å². The molecular weight excluding hydrogens is 289 g/mol. The lowest BCUT2D eigenvalue weighted by molar-refractivity contribution is -0.137. The van der Waals surface area contributed by atoms with Gasteiger partial charge in [-0.05, 0) is 31.0 Å². The second-order valence-electron chi connectivity index (χ2n) is 4.76. The van der Waals surface area contributed by atoms with Gasteiger partial charge in [0.05, 0.1) is 28.4 Å². The van der Waals surface area contributed by atoms with Crippen LogP contribution in [0.25, 0.3) is 10.2 Å². The van der Waals surface area contributed by atoms with Crippen molar-refractivity contribution in [1.29, 1.82) is 0 Å². The third-order valence-electron chi connectivity index (χ3n) is 3.20. The summed E-state index contributed by atoms with van der Waals surface area (Å²) in [5, 5.41) is 3.88. The molecule has 0 saturated carbocycles. The number of nitrogens with zero attached hydrogens (tertiary/aromatic N) is 1. The fourth-order valence-electron chi connectivity index (χ4n) is 2.19. The number of halogens is 3. The molecule has 0 radical (unpaired) electrons. The summed E-state index contributed by atoms with van der Waals surface area (Å²) < 4.78 is 44.0. The standard InChI is InChI=1S/C13H13F3N2OS/c14-13(15,16)8-3-4-11-10(6-8)18-12(20-11)17-9-2-1-5-19-7-9/h3-4,6,9H,1-2,5,7H2,(H,17,18). The lowest BCUT2D eigenvalue weighted by Crippen LogP contribution is -2.29. The van der Waals surface area contributed by atoms with Crippen LogP contribution in [0.1, 0.15) is 18.4 Å². The van der Waals surface area contributed by atoms with Gasteiger partial charge in [-0.25, -0.2) is 4.98 Å². The fraction of sp³-hybridized carbons (Fsp3) is 0.462. The monoisotopic (exact) mass is 302 g/mol. The summed E-state index contributed by atoms with van der Waals surface area (Å²) in [5.41, 5.74) is -0.285. The molecule has 1 aromatic carbocycles. The van der Waals surface area contributed by atoms with Gasteiger partial charge in [0.2, 0.25) is 0 Å². The molecule has 1 fully saturated rings. The zero-order valence-corrected chi connectivity index (χ0v) is 11.4. The number of alkyl halides is 3. The van der Waals surface area contributed by atoms with E-state index in [1.165, 1.54) is 17.4 Å². The Morgan fingerprint density at radius 2 is 2.20 bits per heavy atom. The van der Waals surface area contributed by atoms with Crippen molar-refractivity contribution in [3.63, 3.8) is 0 Å². The number of anilines is 1. The average Bonchev–Trinajstić information content (AvgIpc) is 2.80. The molecule has 2 heterocycles. The van der Waals surface area contributed by atoms with Crippen molar-refractivity contribution in [2.75, 3.05) is 18.5 Å². The Bertz CT molecular complexity index is 605. The van der Waals surface area contributed by atoms with Crippen LogP contribution in [0.15, 0.2) is 18.2 Å². The first-order valence-electron chi connectivity index (χ1n) is 6.34. The molecule has 3 nitrogen and oxygen atoms in total. The topological polar surface area (TPSA) is 34.1 Å². The first-order valence-corrected chi connectivity index (χ1v) is 7.16. The Hall–Kier alpha value is -1.34. The summed E-state index contributed by atoms with van der Waals surface area (Å²) in [7, 11) is 0. The summed E-state index contributed by atoms with van der Waals surface area (Å²) in [6.07, 6.45) is -2.35. The highest BCUT2D eigenvalue weighted by molar-refractivity contribution is 7.22. The molecule has 1 aromatic heterocycles. The largest absolute Gasteiger partial charge is 0.416 e. The van der Waals surface area contributed by atoms with E-state index < -0.39 is 11.7 Å². The predicted octanol–water partition coefficient (Wildman–Crippen LogP) is 3.91. The van der Waals surface area contributed by atoms with Crippen LogP contribution >= 0.6 is 11.3 Å². The number of rotatable bonds is 2. The molecule has 3 rings (SSSR count). The Labute approximate surface area is 117 Å². The molecule has 0 spiro atoms. The Morgan fingerprint density at radius 3 is 2.90 bits per heavy atom. The van der Waals surface area contributed by atoms with Crippen molar-refractivity contribution in [3.05, 3.63) is 23.8 Å². The molecule has 1 aliphatic heterocycles. The van der Waals surface area contributed by atoms with Crippen molar-refractivity contribution in [2.24, 2.45) is 0 Å². The molecule has 1 atom stereocenters. The number of fused-ring (bicyclic) bond motifs is 1. The van der Waals surface area contributed by atoms with Crippen LogP contribution in [0.3, 0.4) is 0 Å². The normalized spacial score (nSPS) is 20.2. The van der Waals surface area contributed by atoms with Crippen molar-refractivity contribution < 1.29 is 17.9 Å². The van der Waals surface area contributed by atoms with E-state index in [2.05, 4.69) is 10.3 Å². The zero-order chi connectivity index (χ0) is 14.2. The Kier molecular flexibility index (Phi) is 3.55. The molecule has 1 N–H and O–H groups in total. The highest BCUT2D eigenvalue weighted by Gasteiger charge is 2.30. The zero-order valence-electron chi connectivity index (χ0n) is 10.5. The van der Waals surface area contributed by atoms with Gasteiger partial charge >= 0.3 is 6.18 Å². The summed E-state index contributed by atoms with van der Waals surface area (Å²) >= 11 is 1.37. The number of nitrogens with one attached hydrogen (secondary N) is 1. The van der Waals surface area contributed by atoms with E-state index in [-0.39, 0.29) is 6.04 Å². The molecule has 20 heavy (non-hydrogen) atoms. The van der Waals surface area contributed by atoms with Crippen LogP contribution in [-0.2, 0) is 10.9 Å². The van der Waals surface area contributed by atoms with Gasteiger partial charge in [0.15, 0.2) is 5.13 Å². The van der Waals surface area contributed by atoms with Crippen LogP contribution in [-0.4, -0.2) is 24.2 Å². The molecule has 108 valence electrons. The van der Waals surface area contributed by atoms with E-state index in [9.17, 15) is 13.2 Å². The van der Waals surface area contributed by atoms with Crippen LogP contribution in [0.4, 0.5) is 18.3 Å². The maximum atomic E-state index is 12.6. The van der Waals surface area contributed by atoms with Crippen molar-refractivity contribution >= 4 is 26.7 Å². The molecule has 7 heteroatoms. The van der Waals surface area contributed by atoms with Crippen LogP contribution < -0.4 is 5.32 Å². The first-order chi connectivity index (χ1) is 9.52. The van der Waals surface area contributed by atoms with Gasteiger partial charge in [-0.15, -0.1) is 0 Å². The molecule has 0 bridgehead atoms. The van der Waals surface area contributed by atoms with Crippen molar-refractivity contribution in [3.8, 4) is 0 Å². The second kappa shape index (κ2) is 5.21. The van der Waals surface area contributed by atoms with Gasteiger partial charge in [-0.2, -0.15) is 13.2 Å². The summed E-state index contributed by atoms with van der Waals surface area (Å²) in [6.45, 7) is 1.39. The summed E-state index contributed by atoms with van der Waals surface area (Å²) in [6, 6.07) is 3.84. The maximum Gasteiger partial charge on any atom is 0.416 e. The van der Waals surface area contributed by atoms with Gasteiger partial charge in [0.25, 0.3) is 0 Å². The van der Waals surface area contributed by atoms with Gasteiger partial charge in [0, 0.05) is 6.61 Å². The number of hydrogen-bond acceptors (Lipinski definition) is 4. The van der Waals surface area contributed by atoms with E-state index in [1.54, 1.807) is 0 Å². The van der Waals surface area contributed by atoms with Gasteiger partial charge < -0.3 is 10.1 Å². The third-order valence-corrected chi connectivity index (χ3v) is 4.17. The predicted molar refractivity (Wildman–Crippen MR) is 72.1 cm³/mol. The SMILES string of the molecule is FC(F)(F)c1ccc2sc(NC3CCCOC3)nc2c1. The van der Waals surface area contributed by atoms with Crippen LogP contribution in [0, 0.1) is 0 Å². The minimum absolute atomic E-state index is 0.186. The van der Waals surface area contributed by atoms with Crippen molar-refractivity contribution in [2.45, 2.75) is 25.1 Å². The van der Waals surface area contributed by atoms with Gasteiger partial charge in [-0.1, -0.05) is 11.3 Å². The molecular formula is C13H13F3N2OS. The highest BCUT2D eigenvalue weighted by atomic mass is 32.1. The van der Waals surface area contributed by atoms with E-state index in [0.717, 1.165) is 36.3 Å². The molecule has 1 saturated heterocycles. The van der Waals surface area contributed by atoms with E-state index in [4.69, 9.17) is 4.74 Å². The van der Waals surface area contributed by atoms with Crippen molar-refractivity contribution in [1.82, 2.24) is 4.98 Å². The lowest BCUT2D eigenvalue weighted by atomic mass is 10.1.